The Bertz CT molecular complexity index is 430. The maximum absolute atomic E-state index is 11.2. The summed E-state index contributed by atoms with van der Waals surface area (Å²) in [6.07, 6.45) is 0. The molecule has 0 N–H and O–H groups in total. The number of nitro groups is 1. The molecule has 1 aromatic rings. The van der Waals surface area contributed by atoms with Gasteiger partial charge in [0.25, 0.3) is 5.69 Å². The third kappa shape index (κ3) is 2.33. The second kappa shape index (κ2) is 4.39. The SMILES string of the molecule is COC(=O)c1cc(Br)c(C)c([N+](=O)[O-])c1. The van der Waals surface area contributed by atoms with Gasteiger partial charge in [-0.2, -0.15) is 0 Å². The van der Waals surface area contributed by atoms with E-state index in [0.29, 0.717) is 10.0 Å². The van der Waals surface area contributed by atoms with Crippen molar-refractivity contribution in [3.63, 3.8) is 0 Å². The minimum atomic E-state index is -0.598. The molecule has 0 saturated heterocycles. The van der Waals surface area contributed by atoms with Crippen LogP contribution in [0.3, 0.4) is 0 Å². The number of esters is 1. The van der Waals surface area contributed by atoms with Crippen LogP contribution in [0.5, 0.6) is 0 Å². The number of halogens is 1. The number of nitro benzene ring substituents is 1. The fourth-order valence-corrected chi connectivity index (χ4v) is 1.54. The molecule has 0 amide bonds. The fraction of sp³-hybridized carbons (Fsp3) is 0.222. The standard InChI is InChI=1S/C9H8BrNO4/c1-5-7(10)3-6(9(12)15-2)4-8(5)11(13)14/h3-4H,1-2H3. The molecule has 0 aromatic heterocycles. The number of methoxy groups -OCH3 is 1. The van der Waals surface area contributed by atoms with Gasteiger partial charge < -0.3 is 4.74 Å². The average molecular weight is 274 g/mol. The van der Waals surface area contributed by atoms with E-state index in [4.69, 9.17) is 0 Å². The van der Waals surface area contributed by atoms with Crippen LogP contribution in [-0.4, -0.2) is 18.0 Å². The van der Waals surface area contributed by atoms with Gasteiger partial charge in [-0.05, 0) is 13.0 Å². The first-order chi connectivity index (χ1) is 6.97. The minimum Gasteiger partial charge on any atom is -0.465 e. The maximum Gasteiger partial charge on any atom is 0.338 e. The lowest BCUT2D eigenvalue weighted by Gasteiger charge is -2.03. The number of nitrogens with zero attached hydrogens (tertiary/aromatic N) is 1. The fourth-order valence-electron chi connectivity index (χ4n) is 1.09. The third-order valence-electron chi connectivity index (χ3n) is 1.93. The summed E-state index contributed by atoms with van der Waals surface area (Å²) >= 11 is 3.15. The summed E-state index contributed by atoms with van der Waals surface area (Å²) in [5.74, 6) is -0.598. The molecule has 0 bridgehead atoms. The zero-order chi connectivity index (χ0) is 11.6. The Balaban J connectivity index is 3.35. The van der Waals surface area contributed by atoms with E-state index in [9.17, 15) is 14.9 Å². The van der Waals surface area contributed by atoms with Gasteiger partial charge in [-0.25, -0.2) is 4.79 Å². The summed E-state index contributed by atoms with van der Waals surface area (Å²) in [7, 11) is 1.22. The van der Waals surface area contributed by atoms with Crippen LogP contribution in [0.25, 0.3) is 0 Å². The smallest absolute Gasteiger partial charge is 0.338 e. The zero-order valence-corrected chi connectivity index (χ0v) is 9.70. The largest absolute Gasteiger partial charge is 0.465 e. The molecule has 0 atom stereocenters. The Morgan fingerprint density at radius 3 is 2.60 bits per heavy atom. The summed E-state index contributed by atoms with van der Waals surface area (Å²) in [6, 6.07) is 2.69. The van der Waals surface area contributed by atoms with Gasteiger partial charge in [0.1, 0.15) is 0 Å². The number of benzene rings is 1. The lowest BCUT2D eigenvalue weighted by Crippen LogP contribution is -2.03. The van der Waals surface area contributed by atoms with E-state index < -0.39 is 10.9 Å². The number of carbonyl (C=O) groups is 1. The third-order valence-corrected chi connectivity index (χ3v) is 2.76. The van der Waals surface area contributed by atoms with Crippen LogP contribution in [0.2, 0.25) is 0 Å². The topological polar surface area (TPSA) is 69.4 Å². The van der Waals surface area contributed by atoms with Crippen molar-refractivity contribution in [2.45, 2.75) is 6.92 Å². The Kier molecular flexibility index (Phi) is 3.41. The molecule has 5 nitrogen and oxygen atoms in total. The summed E-state index contributed by atoms with van der Waals surface area (Å²) < 4.78 is 4.99. The van der Waals surface area contributed by atoms with Crippen molar-refractivity contribution in [2.24, 2.45) is 0 Å². The maximum atomic E-state index is 11.2. The van der Waals surface area contributed by atoms with Crippen LogP contribution in [0.15, 0.2) is 16.6 Å². The molecule has 0 aliphatic heterocycles. The Morgan fingerprint density at radius 1 is 1.53 bits per heavy atom. The molecule has 0 unspecified atom stereocenters. The number of hydrogen-bond acceptors (Lipinski definition) is 4. The number of rotatable bonds is 2. The van der Waals surface area contributed by atoms with Crippen LogP contribution in [0, 0.1) is 17.0 Å². The van der Waals surface area contributed by atoms with Gasteiger partial charge in [-0.3, -0.25) is 10.1 Å². The molecule has 1 rings (SSSR count). The normalized spacial score (nSPS) is 9.80. The van der Waals surface area contributed by atoms with Gasteiger partial charge in [-0.15, -0.1) is 0 Å². The highest BCUT2D eigenvalue weighted by Gasteiger charge is 2.18. The molecular formula is C9H8BrNO4. The van der Waals surface area contributed by atoms with Crippen molar-refractivity contribution in [1.29, 1.82) is 0 Å². The van der Waals surface area contributed by atoms with Crippen LogP contribution in [0.1, 0.15) is 15.9 Å². The molecule has 0 spiro atoms. The van der Waals surface area contributed by atoms with Crippen molar-refractivity contribution in [1.82, 2.24) is 0 Å². The molecule has 6 heteroatoms. The zero-order valence-electron chi connectivity index (χ0n) is 8.11. The number of carbonyl (C=O) groups excluding carboxylic acids is 1. The predicted molar refractivity (Wildman–Crippen MR) is 56.9 cm³/mol. The number of hydrogen-bond donors (Lipinski definition) is 0. The van der Waals surface area contributed by atoms with E-state index in [-0.39, 0.29) is 11.3 Å². The van der Waals surface area contributed by atoms with Gasteiger partial charge in [0, 0.05) is 16.1 Å². The van der Waals surface area contributed by atoms with Gasteiger partial charge >= 0.3 is 5.97 Å². The molecule has 0 heterocycles. The average Bonchev–Trinajstić information content (AvgIpc) is 2.20. The summed E-state index contributed by atoms with van der Waals surface area (Å²) in [6.45, 7) is 1.60. The van der Waals surface area contributed by atoms with Crippen molar-refractivity contribution < 1.29 is 14.5 Å². The van der Waals surface area contributed by atoms with Crippen LogP contribution in [-0.2, 0) is 4.74 Å². The van der Waals surface area contributed by atoms with E-state index >= 15 is 0 Å². The Hall–Kier alpha value is -1.43. The van der Waals surface area contributed by atoms with Crippen LogP contribution >= 0.6 is 15.9 Å². The van der Waals surface area contributed by atoms with Crippen molar-refractivity contribution in [2.75, 3.05) is 7.11 Å². The first kappa shape index (κ1) is 11.6. The molecule has 80 valence electrons. The summed E-state index contributed by atoms with van der Waals surface area (Å²) in [5, 5.41) is 10.7. The minimum absolute atomic E-state index is 0.107. The highest BCUT2D eigenvalue weighted by Crippen LogP contribution is 2.27. The molecule has 0 aliphatic rings. The van der Waals surface area contributed by atoms with Crippen molar-refractivity contribution in [3.8, 4) is 0 Å². The molecule has 1 aromatic carbocycles. The highest BCUT2D eigenvalue weighted by molar-refractivity contribution is 9.10. The van der Waals surface area contributed by atoms with E-state index in [0.717, 1.165) is 0 Å². The summed E-state index contributed by atoms with van der Waals surface area (Å²) in [5.41, 5.74) is 0.527. The lowest BCUT2D eigenvalue weighted by molar-refractivity contribution is -0.385. The van der Waals surface area contributed by atoms with Crippen molar-refractivity contribution >= 4 is 27.6 Å². The van der Waals surface area contributed by atoms with Gasteiger partial charge in [0.05, 0.1) is 17.6 Å². The van der Waals surface area contributed by atoms with E-state index in [2.05, 4.69) is 20.7 Å². The molecule has 0 saturated carbocycles. The van der Waals surface area contributed by atoms with Gasteiger partial charge in [0.2, 0.25) is 0 Å². The van der Waals surface area contributed by atoms with E-state index in [1.807, 2.05) is 0 Å². The first-order valence-corrected chi connectivity index (χ1v) is 4.79. The molecule has 0 radical (unpaired) electrons. The molecule has 0 aliphatic carbocycles. The Morgan fingerprint density at radius 2 is 2.13 bits per heavy atom. The Labute approximate surface area is 94.3 Å². The van der Waals surface area contributed by atoms with E-state index in [1.165, 1.54) is 19.2 Å². The number of ether oxygens (including phenoxy) is 1. The van der Waals surface area contributed by atoms with Crippen LogP contribution < -0.4 is 0 Å². The lowest BCUT2D eigenvalue weighted by atomic mass is 10.1. The molecule has 0 fully saturated rings. The van der Waals surface area contributed by atoms with Gasteiger partial charge in [-0.1, -0.05) is 15.9 Å². The van der Waals surface area contributed by atoms with Crippen molar-refractivity contribution in [3.05, 3.63) is 37.8 Å². The second-order valence-corrected chi connectivity index (χ2v) is 3.71. The first-order valence-electron chi connectivity index (χ1n) is 4.00. The summed E-state index contributed by atoms with van der Waals surface area (Å²) in [4.78, 5) is 21.3. The highest BCUT2D eigenvalue weighted by atomic mass is 79.9. The van der Waals surface area contributed by atoms with Gasteiger partial charge in [0.15, 0.2) is 0 Å². The second-order valence-electron chi connectivity index (χ2n) is 2.85. The monoisotopic (exact) mass is 273 g/mol. The van der Waals surface area contributed by atoms with Crippen LogP contribution in [0.4, 0.5) is 5.69 Å². The predicted octanol–water partition coefficient (Wildman–Crippen LogP) is 2.45. The molecule has 15 heavy (non-hydrogen) atoms. The quantitative estimate of drug-likeness (QED) is 0.472. The molecular weight excluding hydrogens is 266 g/mol. The van der Waals surface area contributed by atoms with E-state index in [1.54, 1.807) is 6.92 Å².